The molecule has 0 aliphatic carbocycles. The summed E-state index contributed by atoms with van der Waals surface area (Å²) in [4.78, 5) is 11.8. The molecule has 3 nitrogen and oxygen atoms in total. The standard InChI is InChI=1S/C27H23NO2/c29-27(30)25-17-16-21(15-14-20-8-3-1-4-9-20)18-26(25)28-24-13-7-12-23(19-24)22-10-5-2-6-11-22/h1-13,16-19,28H,14-15H2,(H,29,30). The van der Waals surface area contributed by atoms with E-state index in [1.165, 1.54) is 5.56 Å². The average Bonchev–Trinajstić information content (AvgIpc) is 2.79. The normalized spacial score (nSPS) is 10.5. The summed E-state index contributed by atoms with van der Waals surface area (Å²) < 4.78 is 0. The van der Waals surface area contributed by atoms with E-state index in [-0.39, 0.29) is 5.56 Å². The van der Waals surface area contributed by atoms with E-state index in [4.69, 9.17) is 0 Å². The van der Waals surface area contributed by atoms with Crippen molar-refractivity contribution in [3.8, 4) is 11.1 Å². The van der Waals surface area contributed by atoms with Gasteiger partial charge in [0.25, 0.3) is 0 Å². The van der Waals surface area contributed by atoms with Crippen LogP contribution >= 0.6 is 0 Å². The molecule has 0 aliphatic heterocycles. The number of benzene rings is 4. The number of hydrogen-bond acceptors (Lipinski definition) is 2. The zero-order chi connectivity index (χ0) is 20.8. The number of carboxylic acids is 1. The number of nitrogens with one attached hydrogen (secondary N) is 1. The van der Waals surface area contributed by atoms with Gasteiger partial charge in [-0.2, -0.15) is 0 Å². The minimum absolute atomic E-state index is 0.267. The fourth-order valence-corrected chi connectivity index (χ4v) is 3.53. The van der Waals surface area contributed by atoms with Crippen molar-refractivity contribution in [2.45, 2.75) is 12.8 Å². The lowest BCUT2D eigenvalue weighted by atomic mass is 10.0. The van der Waals surface area contributed by atoms with E-state index < -0.39 is 5.97 Å². The Morgan fingerprint density at radius 1 is 0.667 bits per heavy atom. The highest BCUT2D eigenvalue weighted by Crippen LogP contribution is 2.27. The molecule has 4 rings (SSSR count). The van der Waals surface area contributed by atoms with Crippen LogP contribution in [0.15, 0.2) is 103 Å². The van der Waals surface area contributed by atoms with Gasteiger partial charge in [-0.15, -0.1) is 0 Å². The number of rotatable bonds is 7. The quantitative estimate of drug-likeness (QED) is 0.373. The molecule has 0 radical (unpaired) electrons. The van der Waals surface area contributed by atoms with Crippen LogP contribution < -0.4 is 5.32 Å². The Kier molecular flexibility index (Phi) is 5.90. The first kappa shape index (κ1) is 19.5. The summed E-state index contributed by atoms with van der Waals surface area (Å²) in [6, 6.07) is 34.0. The van der Waals surface area contributed by atoms with Crippen LogP contribution in [0, 0.1) is 0 Å². The van der Waals surface area contributed by atoms with Crippen molar-refractivity contribution in [3.05, 3.63) is 120 Å². The fraction of sp³-hybridized carbons (Fsp3) is 0.0741. The van der Waals surface area contributed by atoms with E-state index in [0.717, 1.165) is 35.2 Å². The average molecular weight is 393 g/mol. The molecule has 148 valence electrons. The van der Waals surface area contributed by atoms with Crippen molar-refractivity contribution in [1.82, 2.24) is 0 Å². The molecule has 30 heavy (non-hydrogen) atoms. The highest BCUT2D eigenvalue weighted by atomic mass is 16.4. The van der Waals surface area contributed by atoms with Crippen LogP contribution in [0.25, 0.3) is 11.1 Å². The van der Waals surface area contributed by atoms with E-state index >= 15 is 0 Å². The summed E-state index contributed by atoms with van der Waals surface area (Å²) in [7, 11) is 0. The van der Waals surface area contributed by atoms with Crippen LogP contribution in [0.5, 0.6) is 0 Å². The van der Waals surface area contributed by atoms with Gasteiger partial charge in [-0.1, -0.05) is 78.9 Å². The summed E-state index contributed by atoms with van der Waals surface area (Å²) in [6.45, 7) is 0. The molecule has 0 amide bonds. The Bertz CT molecular complexity index is 1140. The fourth-order valence-electron chi connectivity index (χ4n) is 3.53. The molecule has 0 aliphatic rings. The lowest BCUT2D eigenvalue weighted by molar-refractivity contribution is 0.0698. The van der Waals surface area contributed by atoms with Gasteiger partial charge in [0.1, 0.15) is 0 Å². The summed E-state index contributed by atoms with van der Waals surface area (Å²) in [5, 5.41) is 13.0. The van der Waals surface area contributed by atoms with Crippen molar-refractivity contribution >= 4 is 17.3 Å². The summed E-state index contributed by atoms with van der Waals surface area (Å²) >= 11 is 0. The molecule has 0 saturated carbocycles. The second-order valence-corrected chi connectivity index (χ2v) is 7.24. The predicted octanol–water partition coefficient (Wildman–Crippen LogP) is 6.58. The van der Waals surface area contributed by atoms with Gasteiger partial charge in [-0.05, 0) is 59.4 Å². The van der Waals surface area contributed by atoms with Crippen molar-refractivity contribution in [2.24, 2.45) is 0 Å². The molecular formula is C27H23NO2. The van der Waals surface area contributed by atoms with Gasteiger partial charge >= 0.3 is 5.97 Å². The van der Waals surface area contributed by atoms with Crippen molar-refractivity contribution in [3.63, 3.8) is 0 Å². The maximum Gasteiger partial charge on any atom is 0.337 e. The molecule has 0 heterocycles. The first-order chi connectivity index (χ1) is 14.7. The number of aromatic carboxylic acids is 1. The topological polar surface area (TPSA) is 49.3 Å². The Morgan fingerprint density at radius 3 is 2.07 bits per heavy atom. The summed E-state index contributed by atoms with van der Waals surface area (Å²) in [5.41, 5.74) is 6.31. The van der Waals surface area contributed by atoms with Gasteiger partial charge in [-0.3, -0.25) is 0 Å². The highest BCUT2D eigenvalue weighted by molar-refractivity contribution is 5.95. The predicted molar refractivity (Wildman–Crippen MR) is 122 cm³/mol. The smallest absolute Gasteiger partial charge is 0.337 e. The molecule has 0 aromatic heterocycles. The lowest BCUT2D eigenvalue weighted by Gasteiger charge is -2.13. The van der Waals surface area contributed by atoms with Crippen molar-refractivity contribution in [1.29, 1.82) is 0 Å². The maximum atomic E-state index is 11.8. The van der Waals surface area contributed by atoms with E-state index in [1.54, 1.807) is 6.07 Å². The molecule has 0 atom stereocenters. The summed E-state index contributed by atoms with van der Waals surface area (Å²) in [5.74, 6) is -0.939. The maximum absolute atomic E-state index is 11.8. The number of anilines is 2. The Labute approximate surface area is 176 Å². The Hall–Kier alpha value is -3.85. The first-order valence-corrected chi connectivity index (χ1v) is 10.0. The monoisotopic (exact) mass is 393 g/mol. The van der Waals surface area contributed by atoms with Crippen LogP contribution in [0.1, 0.15) is 21.5 Å². The van der Waals surface area contributed by atoms with Gasteiger partial charge < -0.3 is 10.4 Å². The van der Waals surface area contributed by atoms with E-state index in [9.17, 15) is 9.90 Å². The molecule has 0 unspecified atom stereocenters. The minimum atomic E-state index is -0.939. The van der Waals surface area contributed by atoms with Crippen molar-refractivity contribution < 1.29 is 9.90 Å². The Morgan fingerprint density at radius 2 is 1.33 bits per heavy atom. The third kappa shape index (κ3) is 4.76. The van der Waals surface area contributed by atoms with Crippen LogP contribution in [0.4, 0.5) is 11.4 Å². The molecule has 0 saturated heterocycles. The first-order valence-electron chi connectivity index (χ1n) is 10.0. The lowest BCUT2D eigenvalue weighted by Crippen LogP contribution is -2.04. The Balaban J connectivity index is 1.58. The third-order valence-electron chi connectivity index (χ3n) is 5.11. The largest absolute Gasteiger partial charge is 0.478 e. The second kappa shape index (κ2) is 9.10. The van der Waals surface area contributed by atoms with Gasteiger partial charge in [-0.25, -0.2) is 4.79 Å². The minimum Gasteiger partial charge on any atom is -0.478 e. The zero-order valence-corrected chi connectivity index (χ0v) is 16.6. The van der Waals surface area contributed by atoms with Crippen molar-refractivity contribution in [2.75, 3.05) is 5.32 Å². The van der Waals surface area contributed by atoms with Gasteiger partial charge in [0, 0.05) is 5.69 Å². The number of aryl methyl sites for hydroxylation is 2. The molecule has 4 aromatic carbocycles. The number of hydrogen-bond donors (Lipinski definition) is 2. The van der Waals surface area contributed by atoms with Crippen LogP contribution in [-0.2, 0) is 12.8 Å². The van der Waals surface area contributed by atoms with E-state index in [2.05, 4.69) is 35.6 Å². The van der Waals surface area contributed by atoms with E-state index in [0.29, 0.717) is 5.69 Å². The van der Waals surface area contributed by atoms with Gasteiger partial charge in [0.05, 0.1) is 11.3 Å². The highest BCUT2D eigenvalue weighted by Gasteiger charge is 2.12. The van der Waals surface area contributed by atoms with Crippen LogP contribution in [-0.4, -0.2) is 11.1 Å². The van der Waals surface area contributed by atoms with Crippen LogP contribution in [0.3, 0.4) is 0 Å². The SMILES string of the molecule is O=C(O)c1ccc(CCc2ccccc2)cc1Nc1cccc(-c2ccccc2)c1. The molecule has 0 fully saturated rings. The third-order valence-corrected chi connectivity index (χ3v) is 5.11. The molecule has 0 spiro atoms. The van der Waals surface area contributed by atoms with E-state index in [1.807, 2.05) is 66.7 Å². The van der Waals surface area contributed by atoms with Gasteiger partial charge in [0.15, 0.2) is 0 Å². The van der Waals surface area contributed by atoms with Crippen LogP contribution in [0.2, 0.25) is 0 Å². The molecule has 3 heteroatoms. The molecule has 4 aromatic rings. The molecule has 0 bridgehead atoms. The number of carbonyl (C=O) groups is 1. The zero-order valence-electron chi connectivity index (χ0n) is 16.6. The number of carboxylic acid groups (broad SMARTS) is 1. The van der Waals surface area contributed by atoms with Gasteiger partial charge in [0.2, 0.25) is 0 Å². The summed E-state index contributed by atoms with van der Waals surface area (Å²) in [6.07, 6.45) is 1.76. The second-order valence-electron chi connectivity index (χ2n) is 7.24. The molecular weight excluding hydrogens is 370 g/mol. The molecule has 2 N–H and O–H groups in total.